The van der Waals surface area contributed by atoms with Crippen molar-refractivity contribution in [3.63, 3.8) is 0 Å². The number of hydrogen-bond acceptors (Lipinski definition) is 8. The molecule has 3 aromatic rings. The Morgan fingerprint density at radius 2 is 1.66 bits per heavy atom. The highest BCUT2D eigenvalue weighted by Gasteiger charge is 2.19. The van der Waals surface area contributed by atoms with Gasteiger partial charge >= 0.3 is 11.6 Å². The molecule has 9 heteroatoms. The fourth-order valence-electron chi connectivity index (χ4n) is 3.01. The van der Waals surface area contributed by atoms with E-state index in [4.69, 9.17) is 23.4 Å². The summed E-state index contributed by atoms with van der Waals surface area (Å²) in [4.78, 5) is 37.0. The maximum atomic E-state index is 12.7. The Bertz CT molecular complexity index is 1190. The molecule has 168 valence electrons. The molecule has 0 aliphatic heterocycles. The van der Waals surface area contributed by atoms with Gasteiger partial charge < -0.3 is 28.7 Å². The van der Waals surface area contributed by atoms with E-state index < -0.39 is 17.5 Å². The summed E-state index contributed by atoms with van der Waals surface area (Å²) in [5.74, 6) is -0.0725. The largest absolute Gasteiger partial charge is 0.493 e. The highest BCUT2D eigenvalue weighted by Crippen LogP contribution is 2.38. The van der Waals surface area contributed by atoms with Crippen LogP contribution in [0.15, 0.2) is 45.6 Å². The maximum Gasteiger partial charge on any atom is 0.349 e. The minimum Gasteiger partial charge on any atom is -0.493 e. The van der Waals surface area contributed by atoms with Gasteiger partial charge in [0.25, 0.3) is 5.91 Å². The van der Waals surface area contributed by atoms with Gasteiger partial charge in [0.15, 0.2) is 11.5 Å². The van der Waals surface area contributed by atoms with E-state index in [9.17, 15) is 14.4 Å². The van der Waals surface area contributed by atoms with Crippen LogP contribution in [0.3, 0.4) is 0 Å². The van der Waals surface area contributed by atoms with Gasteiger partial charge in [-0.25, -0.2) is 9.59 Å². The molecule has 9 nitrogen and oxygen atoms in total. The number of ether oxygens (including phenoxy) is 4. The predicted octanol–water partition coefficient (Wildman–Crippen LogP) is 3.18. The third-order valence-electron chi connectivity index (χ3n) is 4.60. The second-order valence-corrected chi connectivity index (χ2v) is 6.71. The zero-order chi connectivity index (χ0) is 23.3. The van der Waals surface area contributed by atoms with Gasteiger partial charge in [0.05, 0.1) is 26.9 Å². The summed E-state index contributed by atoms with van der Waals surface area (Å²) < 4.78 is 26.4. The lowest BCUT2D eigenvalue weighted by atomic mass is 10.1. The molecule has 1 heterocycles. The number of nitrogens with one attached hydrogen (secondary N) is 1. The van der Waals surface area contributed by atoms with Gasteiger partial charge in [-0.1, -0.05) is 6.92 Å². The highest BCUT2D eigenvalue weighted by atomic mass is 16.5. The summed E-state index contributed by atoms with van der Waals surface area (Å²) >= 11 is 0. The number of amides is 1. The number of fused-ring (bicyclic) bond motifs is 1. The van der Waals surface area contributed by atoms with E-state index in [2.05, 4.69) is 5.32 Å². The lowest BCUT2D eigenvalue weighted by Gasteiger charge is -2.13. The first-order chi connectivity index (χ1) is 15.4. The van der Waals surface area contributed by atoms with E-state index in [-0.39, 0.29) is 22.5 Å². The smallest absolute Gasteiger partial charge is 0.349 e. The molecule has 1 amide bonds. The monoisotopic (exact) mass is 441 g/mol. The molecule has 2 aromatic carbocycles. The van der Waals surface area contributed by atoms with Gasteiger partial charge in [-0.05, 0) is 36.8 Å². The Balaban J connectivity index is 1.89. The fourth-order valence-corrected chi connectivity index (χ4v) is 3.01. The fraction of sp³-hybridized carbons (Fsp3) is 0.261. The van der Waals surface area contributed by atoms with Crippen molar-refractivity contribution in [1.29, 1.82) is 0 Å². The van der Waals surface area contributed by atoms with Crippen LogP contribution in [0, 0.1) is 0 Å². The zero-order valence-corrected chi connectivity index (χ0v) is 18.1. The SMILES string of the molecule is CCCNC(=O)c1cc2ccc(OC(=O)c3cc(OC)c(OC)c(OC)c3)cc2oc1=O. The van der Waals surface area contributed by atoms with Gasteiger partial charge in [-0.15, -0.1) is 0 Å². The molecule has 1 aromatic heterocycles. The topological polar surface area (TPSA) is 113 Å². The molecule has 0 saturated carbocycles. The van der Waals surface area contributed by atoms with Crippen LogP contribution < -0.4 is 29.9 Å². The lowest BCUT2D eigenvalue weighted by molar-refractivity contribution is 0.0733. The number of carbonyl (C=O) groups is 2. The molecule has 32 heavy (non-hydrogen) atoms. The molecule has 0 radical (unpaired) electrons. The van der Waals surface area contributed by atoms with Crippen LogP contribution in [0.2, 0.25) is 0 Å². The van der Waals surface area contributed by atoms with E-state index in [1.54, 1.807) is 6.07 Å². The molecule has 3 rings (SSSR count). The van der Waals surface area contributed by atoms with Crippen molar-refractivity contribution in [2.45, 2.75) is 13.3 Å². The normalized spacial score (nSPS) is 10.5. The van der Waals surface area contributed by atoms with Gasteiger partial charge in [0, 0.05) is 18.0 Å². The van der Waals surface area contributed by atoms with Gasteiger partial charge in [0.1, 0.15) is 16.9 Å². The number of carbonyl (C=O) groups excluding carboxylic acids is 2. The summed E-state index contributed by atoms with van der Waals surface area (Å²) in [7, 11) is 4.34. The van der Waals surface area contributed by atoms with E-state index in [1.807, 2.05) is 6.92 Å². The lowest BCUT2D eigenvalue weighted by Crippen LogP contribution is -2.28. The first kappa shape index (κ1) is 22.7. The highest BCUT2D eigenvalue weighted by molar-refractivity contribution is 5.97. The average Bonchev–Trinajstić information content (AvgIpc) is 2.80. The maximum absolute atomic E-state index is 12.7. The Morgan fingerprint density at radius 1 is 0.969 bits per heavy atom. The number of methoxy groups -OCH3 is 3. The molecule has 0 saturated heterocycles. The first-order valence-electron chi connectivity index (χ1n) is 9.80. The molecule has 0 aliphatic rings. The molecule has 0 atom stereocenters. The van der Waals surface area contributed by atoms with Crippen molar-refractivity contribution in [2.75, 3.05) is 27.9 Å². The van der Waals surface area contributed by atoms with Crippen LogP contribution in [-0.4, -0.2) is 39.8 Å². The standard InChI is InChI=1S/C23H23NO8/c1-5-8-24-21(25)16-9-13-6-7-15(12-17(13)32-23(16)27)31-22(26)14-10-18(28-2)20(30-4)19(11-14)29-3/h6-7,9-12H,5,8H2,1-4H3,(H,24,25). The molecule has 0 unspecified atom stereocenters. The van der Waals surface area contributed by atoms with Crippen LogP contribution in [0.25, 0.3) is 11.0 Å². The van der Waals surface area contributed by atoms with Crippen molar-refractivity contribution < 1.29 is 33.0 Å². The molecule has 0 fully saturated rings. The number of hydrogen-bond donors (Lipinski definition) is 1. The van der Waals surface area contributed by atoms with Crippen molar-refractivity contribution in [3.05, 3.63) is 57.9 Å². The van der Waals surface area contributed by atoms with E-state index in [0.717, 1.165) is 6.42 Å². The number of esters is 1. The second kappa shape index (κ2) is 9.86. The Labute approximate surface area is 183 Å². The van der Waals surface area contributed by atoms with Crippen LogP contribution in [0.5, 0.6) is 23.0 Å². The van der Waals surface area contributed by atoms with Crippen LogP contribution in [0.1, 0.15) is 34.1 Å². The summed E-state index contributed by atoms with van der Waals surface area (Å²) in [6.07, 6.45) is 0.741. The first-order valence-corrected chi connectivity index (χ1v) is 9.80. The summed E-state index contributed by atoms with van der Waals surface area (Å²) in [6, 6.07) is 8.90. The average molecular weight is 441 g/mol. The molecular weight excluding hydrogens is 418 g/mol. The second-order valence-electron chi connectivity index (χ2n) is 6.71. The van der Waals surface area contributed by atoms with Crippen molar-refractivity contribution >= 4 is 22.8 Å². The summed E-state index contributed by atoms with van der Waals surface area (Å²) in [6.45, 7) is 2.36. The molecule has 0 spiro atoms. The summed E-state index contributed by atoms with van der Waals surface area (Å²) in [5, 5.41) is 3.15. The van der Waals surface area contributed by atoms with E-state index in [1.165, 1.54) is 51.7 Å². The number of benzene rings is 2. The van der Waals surface area contributed by atoms with E-state index >= 15 is 0 Å². The van der Waals surface area contributed by atoms with Gasteiger partial charge in [-0.2, -0.15) is 0 Å². The molecule has 0 bridgehead atoms. The van der Waals surface area contributed by atoms with Gasteiger partial charge in [0.2, 0.25) is 5.75 Å². The molecular formula is C23H23NO8. The number of rotatable bonds is 8. The minimum absolute atomic E-state index is 0.0897. The van der Waals surface area contributed by atoms with E-state index in [0.29, 0.717) is 29.2 Å². The quantitative estimate of drug-likeness (QED) is 0.322. The van der Waals surface area contributed by atoms with Crippen molar-refractivity contribution in [2.24, 2.45) is 0 Å². The summed E-state index contributed by atoms with van der Waals surface area (Å²) in [5.41, 5.74) is -0.520. The van der Waals surface area contributed by atoms with Crippen molar-refractivity contribution in [1.82, 2.24) is 5.32 Å². The van der Waals surface area contributed by atoms with Crippen LogP contribution in [-0.2, 0) is 0 Å². The zero-order valence-electron chi connectivity index (χ0n) is 18.1. The molecule has 0 aliphatic carbocycles. The minimum atomic E-state index is -0.779. The Hall–Kier alpha value is -4.01. The Morgan fingerprint density at radius 3 is 2.25 bits per heavy atom. The third-order valence-corrected chi connectivity index (χ3v) is 4.60. The van der Waals surface area contributed by atoms with Crippen LogP contribution in [0.4, 0.5) is 0 Å². The van der Waals surface area contributed by atoms with Gasteiger partial charge in [-0.3, -0.25) is 4.79 Å². The van der Waals surface area contributed by atoms with Crippen LogP contribution >= 0.6 is 0 Å². The predicted molar refractivity (Wildman–Crippen MR) is 116 cm³/mol. The third kappa shape index (κ3) is 4.66. The Kier molecular flexibility index (Phi) is 6.99. The molecule has 1 N–H and O–H groups in total. The van der Waals surface area contributed by atoms with Crippen molar-refractivity contribution in [3.8, 4) is 23.0 Å².